The molecule has 0 fully saturated rings. The molecule has 3 heteroatoms. The van der Waals surface area contributed by atoms with Crippen LogP contribution in [0.4, 0.5) is 0 Å². The third kappa shape index (κ3) is 6.89. The van der Waals surface area contributed by atoms with Gasteiger partial charge in [-0.1, -0.05) is 27.7 Å². The summed E-state index contributed by atoms with van der Waals surface area (Å²) in [5.74, 6) is 0.308. The summed E-state index contributed by atoms with van der Waals surface area (Å²) in [7, 11) is 0. The monoisotopic (exact) mass is 201 g/mol. The lowest BCUT2D eigenvalue weighted by atomic mass is 10.1. The van der Waals surface area contributed by atoms with Gasteiger partial charge in [0.1, 0.15) is 6.61 Å². The number of carbonyl (C=O) groups excluding carboxylic acids is 1. The summed E-state index contributed by atoms with van der Waals surface area (Å²) in [6.07, 6.45) is 0.526. The van der Waals surface area contributed by atoms with Crippen molar-refractivity contribution in [3.63, 3.8) is 0 Å². The van der Waals surface area contributed by atoms with Crippen LogP contribution in [0.25, 0.3) is 0 Å². The maximum atomic E-state index is 11.2. The molecule has 0 aromatic carbocycles. The molecule has 0 amide bonds. The predicted molar refractivity (Wildman–Crippen MR) is 58.2 cm³/mol. The van der Waals surface area contributed by atoms with Gasteiger partial charge in [-0.15, -0.1) is 0 Å². The van der Waals surface area contributed by atoms with Crippen molar-refractivity contribution in [2.24, 2.45) is 5.92 Å². The summed E-state index contributed by atoms with van der Waals surface area (Å²) in [5.41, 5.74) is 0. The second-order valence-electron chi connectivity index (χ2n) is 3.85. The molecule has 0 radical (unpaired) electrons. The van der Waals surface area contributed by atoms with Gasteiger partial charge >= 0.3 is 5.97 Å². The fourth-order valence-electron chi connectivity index (χ4n) is 1.22. The largest absolute Gasteiger partial charge is 0.464 e. The normalized spacial score (nSPS) is 11.0. The Kier molecular flexibility index (Phi) is 7.48. The molecule has 0 N–H and O–H groups in total. The first-order valence-corrected chi connectivity index (χ1v) is 5.48. The average molecular weight is 201 g/mol. The van der Waals surface area contributed by atoms with Crippen molar-refractivity contribution in [3.8, 4) is 0 Å². The van der Waals surface area contributed by atoms with Crippen LogP contribution in [-0.4, -0.2) is 37.1 Å². The van der Waals surface area contributed by atoms with Crippen molar-refractivity contribution >= 4 is 5.97 Å². The summed E-state index contributed by atoms with van der Waals surface area (Å²) >= 11 is 0. The molecule has 14 heavy (non-hydrogen) atoms. The molecule has 0 aromatic rings. The number of nitrogens with zero attached hydrogens (tertiary/aromatic N) is 1. The average Bonchev–Trinajstić information content (AvgIpc) is 2.11. The van der Waals surface area contributed by atoms with Gasteiger partial charge in [0, 0.05) is 13.0 Å². The standard InChI is InChI=1S/C11H23NO2/c1-5-12(6-2)7-8-14-11(13)9-10(3)4/h10H,5-9H2,1-4H3. The second kappa shape index (κ2) is 7.80. The third-order valence-electron chi connectivity index (χ3n) is 2.14. The van der Waals surface area contributed by atoms with Crippen molar-refractivity contribution in [2.45, 2.75) is 34.1 Å². The Morgan fingerprint density at radius 2 is 1.86 bits per heavy atom. The third-order valence-corrected chi connectivity index (χ3v) is 2.14. The van der Waals surface area contributed by atoms with E-state index in [1.165, 1.54) is 0 Å². The number of esters is 1. The zero-order valence-electron chi connectivity index (χ0n) is 9.88. The smallest absolute Gasteiger partial charge is 0.306 e. The van der Waals surface area contributed by atoms with Crippen molar-refractivity contribution < 1.29 is 9.53 Å². The van der Waals surface area contributed by atoms with Gasteiger partial charge in [0.15, 0.2) is 0 Å². The van der Waals surface area contributed by atoms with Crippen LogP contribution in [0.2, 0.25) is 0 Å². The molecule has 0 bridgehead atoms. The molecule has 0 saturated carbocycles. The number of rotatable bonds is 7. The minimum absolute atomic E-state index is 0.0767. The Hall–Kier alpha value is -0.570. The molecule has 0 saturated heterocycles. The van der Waals surface area contributed by atoms with Gasteiger partial charge in [0.2, 0.25) is 0 Å². The summed E-state index contributed by atoms with van der Waals surface area (Å²) in [4.78, 5) is 13.4. The van der Waals surface area contributed by atoms with E-state index >= 15 is 0 Å². The first-order chi connectivity index (χ1) is 6.60. The molecule has 0 aliphatic carbocycles. The lowest BCUT2D eigenvalue weighted by Gasteiger charge is -2.17. The van der Waals surface area contributed by atoms with Crippen LogP contribution in [-0.2, 0) is 9.53 Å². The Morgan fingerprint density at radius 3 is 2.29 bits per heavy atom. The highest BCUT2D eigenvalue weighted by Gasteiger charge is 2.06. The quantitative estimate of drug-likeness (QED) is 0.589. The molecule has 0 aliphatic heterocycles. The number of carbonyl (C=O) groups is 1. The van der Waals surface area contributed by atoms with Crippen molar-refractivity contribution in [1.29, 1.82) is 0 Å². The van der Waals surface area contributed by atoms with E-state index in [9.17, 15) is 4.79 Å². The molecule has 0 aromatic heterocycles. The second-order valence-corrected chi connectivity index (χ2v) is 3.85. The number of hydrogen-bond acceptors (Lipinski definition) is 3. The van der Waals surface area contributed by atoms with E-state index in [1.54, 1.807) is 0 Å². The number of likely N-dealkylation sites (N-methyl/N-ethyl adjacent to an activating group) is 1. The van der Waals surface area contributed by atoms with Crippen LogP contribution in [0.15, 0.2) is 0 Å². The van der Waals surface area contributed by atoms with E-state index in [4.69, 9.17) is 4.74 Å². The van der Waals surface area contributed by atoms with Gasteiger partial charge < -0.3 is 9.64 Å². The summed E-state index contributed by atoms with van der Waals surface area (Å²) in [6.45, 7) is 11.6. The van der Waals surface area contributed by atoms with E-state index in [2.05, 4.69) is 18.7 Å². The Morgan fingerprint density at radius 1 is 1.29 bits per heavy atom. The highest BCUT2D eigenvalue weighted by molar-refractivity contribution is 5.69. The highest BCUT2D eigenvalue weighted by Crippen LogP contribution is 2.00. The minimum atomic E-state index is -0.0767. The summed E-state index contributed by atoms with van der Waals surface area (Å²) in [5, 5.41) is 0. The van der Waals surface area contributed by atoms with Gasteiger partial charge in [0.05, 0.1) is 0 Å². The Bertz CT molecular complexity index is 153. The molecular formula is C11H23NO2. The van der Waals surface area contributed by atoms with Crippen LogP contribution in [0.5, 0.6) is 0 Å². The van der Waals surface area contributed by atoms with Crippen molar-refractivity contribution in [3.05, 3.63) is 0 Å². The van der Waals surface area contributed by atoms with Crippen LogP contribution in [0.3, 0.4) is 0 Å². The molecular weight excluding hydrogens is 178 g/mol. The lowest BCUT2D eigenvalue weighted by molar-refractivity contribution is -0.144. The van der Waals surface area contributed by atoms with Crippen LogP contribution < -0.4 is 0 Å². The fraction of sp³-hybridized carbons (Fsp3) is 0.909. The van der Waals surface area contributed by atoms with Gasteiger partial charge in [-0.05, 0) is 19.0 Å². The molecule has 0 atom stereocenters. The SMILES string of the molecule is CCN(CC)CCOC(=O)CC(C)C. The minimum Gasteiger partial charge on any atom is -0.464 e. The summed E-state index contributed by atoms with van der Waals surface area (Å²) in [6, 6.07) is 0. The van der Waals surface area contributed by atoms with E-state index in [-0.39, 0.29) is 5.97 Å². The molecule has 0 heterocycles. The Labute approximate surface area is 87.4 Å². The molecule has 0 aliphatic rings. The zero-order valence-corrected chi connectivity index (χ0v) is 9.88. The van der Waals surface area contributed by atoms with Crippen molar-refractivity contribution in [2.75, 3.05) is 26.2 Å². The van der Waals surface area contributed by atoms with Crippen molar-refractivity contribution in [1.82, 2.24) is 4.90 Å². The topological polar surface area (TPSA) is 29.5 Å². The first-order valence-electron chi connectivity index (χ1n) is 5.48. The van der Waals surface area contributed by atoms with Gasteiger partial charge in [-0.3, -0.25) is 4.79 Å². The summed E-state index contributed by atoms with van der Waals surface area (Å²) < 4.78 is 5.11. The number of hydrogen-bond donors (Lipinski definition) is 0. The Balaban J connectivity index is 3.48. The first kappa shape index (κ1) is 13.4. The van der Waals surface area contributed by atoms with Crippen LogP contribution in [0, 0.1) is 5.92 Å². The van der Waals surface area contributed by atoms with E-state index in [1.807, 2.05) is 13.8 Å². The molecule has 3 nitrogen and oxygen atoms in total. The molecule has 0 spiro atoms. The maximum Gasteiger partial charge on any atom is 0.306 e. The predicted octanol–water partition coefficient (Wildman–Crippen LogP) is 1.92. The zero-order chi connectivity index (χ0) is 11.0. The maximum absolute atomic E-state index is 11.2. The lowest BCUT2D eigenvalue weighted by Crippen LogP contribution is -2.28. The van der Waals surface area contributed by atoms with Crippen LogP contribution >= 0.6 is 0 Å². The molecule has 0 rings (SSSR count). The van der Waals surface area contributed by atoms with Gasteiger partial charge in [-0.2, -0.15) is 0 Å². The van der Waals surface area contributed by atoms with Gasteiger partial charge in [0.25, 0.3) is 0 Å². The van der Waals surface area contributed by atoms with Gasteiger partial charge in [-0.25, -0.2) is 0 Å². The van der Waals surface area contributed by atoms with Crippen LogP contribution in [0.1, 0.15) is 34.1 Å². The molecule has 84 valence electrons. The van der Waals surface area contributed by atoms with E-state index in [0.717, 1.165) is 19.6 Å². The molecule has 0 unspecified atom stereocenters. The van der Waals surface area contributed by atoms with E-state index < -0.39 is 0 Å². The number of ether oxygens (including phenoxy) is 1. The van der Waals surface area contributed by atoms with E-state index in [0.29, 0.717) is 18.9 Å². The highest BCUT2D eigenvalue weighted by atomic mass is 16.5. The fourth-order valence-corrected chi connectivity index (χ4v) is 1.22.